The number of amides is 1. The van der Waals surface area contributed by atoms with E-state index in [0.29, 0.717) is 6.42 Å². The number of carbonyl (C=O) groups is 1. The second kappa shape index (κ2) is 5.87. The van der Waals surface area contributed by atoms with Crippen molar-refractivity contribution < 1.29 is 4.79 Å². The molecule has 1 heterocycles. The molecule has 0 saturated carbocycles. The smallest absolute Gasteiger partial charge is 0.224 e. The van der Waals surface area contributed by atoms with Gasteiger partial charge in [0.15, 0.2) is 0 Å². The molecule has 1 aromatic rings. The Morgan fingerprint density at radius 2 is 2.11 bits per heavy atom. The molecule has 1 aromatic carbocycles. The van der Waals surface area contributed by atoms with Gasteiger partial charge in [-0.15, -0.1) is 0 Å². The molecule has 4 nitrogen and oxygen atoms in total. The van der Waals surface area contributed by atoms with Crippen molar-refractivity contribution in [2.75, 3.05) is 38.6 Å². The molecule has 0 aromatic heterocycles. The van der Waals surface area contributed by atoms with Gasteiger partial charge < -0.3 is 15.1 Å². The zero-order chi connectivity index (χ0) is 13.0. The fraction of sp³-hybridized carbons (Fsp3) is 0.500. The monoisotopic (exact) mass is 247 g/mol. The number of nitrogens with zero attached hydrogens (tertiary/aromatic N) is 2. The third kappa shape index (κ3) is 2.82. The lowest BCUT2D eigenvalue weighted by atomic mass is 10.1. The molecule has 0 unspecified atom stereocenters. The summed E-state index contributed by atoms with van der Waals surface area (Å²) < 4.78 is 0. The van der Waals surface area contributed by atoms with Crippen molar-refractivity contribution in [1.29, 1.82) is 0 Å². The molecule has 0 bridgehead atoms. The summed E-state index contributed by atoms with van der Waals surface area (Å²) >= 11 is 0. The zero-order valence-electron chi connectivity index (χ0n) is 11.1. The predicted molar refractivity (Wildman–Crippen MR) is 73.7 cm³/mol. The van der Waals surface area contributed by atoms with Crippen LogP contribution in [-0.4, -0.2) is 44.5 Å². The first-order valence-electron chi connectivity index (χ1n) is 6.44. The Morgan fingerprint density at radius 1 is 1.33 bits per heavy atom. The van der Waals surface area contributed by atoms with Crippen molar-refractivity contribution >= 4 is 11.6 Å². The van der Waals surface area contributed by atoms with Gasteiger partial charge in [0.2, 0.25) is 5.91 Å². The van der Waals surface area contributed by atoms with Gasteiger partial charge in [-0.2, -0.15) is 0 Å². The number of hydrogen-bond donors (Lipinski definition) is 1. The number of para-hydroxylation sites is 1. The van der Waals surface area contributed by atoms with Gasteiger partial charge >= 0.3 is 0 Å². The van der Waals surface area contributed by atoms with E-state index in [4.69, 9.17) is 0 Å². The Morgan fingerprint density at radius 3 is 2.89 bits per heavy atom. The Labute approximate surface area is 109 Å². The molecule has 0 spiro atoms. The average Bonchev–Trinajstić information content (AvgIpc) is 2.56. The van der Waals surface area contributed by atoms with Gasteiger partial charge in [0, 0.05) is 45.3 Å². The van der Waals surface area contributed by atoms with Crippen LogP contribution < -0.4 is 10.2 Å². The van der Waals surface area contributed by atoms with Gasteiger partial charge in [0.25, 0.3) is 0 Å². The molecule has 1 N–H and O–H groups in total. The van der Waals surface area contributed by atoms with Crippen molar-refractivity contribution in [3.63, 3.8) is 0 Å². The lowest BCUT2D eigenvalue weighted by molar-refractivity contribution is -0.131. The Hall–Kier alpha value is -1.55. The predicted octanol–water partition coefficient (Wildman–Crippen LogP) is 1.07. The van der Waals surface area contributed by atoms with Crippen LogP contribution in [0, 0.1) is 0 Å². The van der Waals surface area contributed by atoms with Crippen LogP contribution in [0.5, 0.6) is 0 Å². The molecule has 0 fully saturated rings. The molecule has 18 heavy (non-hydrogen) atoms. The molecule has 98 valence electrons. The first-order chi connectivity index (χ1) is 8.72. The fourth-order valence-corrected chi connectivity index (χ4v) is 2.30. The normalized spacial score (nSPS) is 15.2. The van der Waals surface area contributed by atoms with Crippen LogP contribution in [0.3, 0.4) is 0 Å². The van der Waals surface area contributed by atoms with Crippen molar-refractivity contribution in [2.45, 2.75) is 13.0 Å². The van der Waals surface area contributed by atoms with Crippen molar-refractivity contribution in [3.05, 3.63) is 29.8 Å². The van der Waals surface area contributed by atoms with E-state index in [0.717, 1.165) is 26.2 Å². The van der Waals surface area contributed by atoms with Crippen LogP contribution in [0.15, 0.2) is 24.3 Å². The summed E-state index contributed by atoms with van der Waals surface area (Å²) in [6, 6.07) is 8.31. The molecule has 4 heteroatoms. The van der Waals surface area contributed by atoms with Crippen LogP contribution >= 0.6 is 0 Å². The van der Waals surface area contributed by atoms with E-state index in [9.17, 15) is 4.79 Å². The van der Waals surface area contributed by atoms with Crippen LogP contribution in [0.25, 0.3) is 0 Å². The Balaban J connectivity index is 2.12. The number of anilines is 1. The zero-order valence-corrected chi connectivity index (χ0v) is 11.1. The molecule has 0 saturated heterocycles. The van der Waals surface area contributed by atoms with E-state index in [1.165, 1.54) is 11.3 Å². The number of likely N-dealkylation sites (N-methyl/N-ethyl adjacent to an activating group) is 1. The maximum Gasteiger partial charge on any atom is 0.224 e. The van der Waals surface area contributed by atoms with Gasteiger partial charge in [-0.25, -0.2) is 0 Å². The maximum atomic E-state index is 12.1. The van der Waals surface area contributed by atoms with Crippen LogP contribution in [0.1, 0.15) is 12.0 Å². The molecule has 0 radical (unpaired) electrons. The standard InChI is InChI=1S/C14H21N3O/c1-15-8-7-14(18)17-10-9-16(2)13-6-4-3-5-12(13)11-17/h3-6,15H,7-11H2,1-2H3. The van der Waals surface area contributed by atoms with E-state index in [2.05, 4.69) is 29.4 Å². The van der Waals surface area contributed by atoms with E-state index in [1.807, 2.05) is 24.1 Å². The highest BCUT2D eigenvalue weighted by molar-refractivity contribution is 5.77. The lowest BCUT2D eigenvalue weighted by Crippen LogP contribution is -2.35. The summed E-state index contributed by atoms with van der Waals surface area (Å²) in [5.74, 6) is 0.231. The van der Waals surface area contributed by atoms with Gasteiger partial charge in [-0.1, -0.05) is 18.2 Å². The number of rotatable bonds is 3. The first-order valence-corrected chi connectivity index (χ1v) is 6.44. The third-order valence-corrected chi connectivity index (χ3v) is 3.41. The minimum atomic E-state index is 0.231. The van der Waals surface area contributed by atoms with Gasteiger partial charge in [-0.3, -0.25) is 4.79 Å². The Bertz CT molecular complexity index is 419. The Kier molecular flexibility index (Phi) is 4.20. The lowest BCUT2D eigenvalue weighted by Gasteiger charge is -2.21. The summed E-state index contributed by atoms with van der Waals surface area (Å²) in [7, 11) is 3.96. The second-order valence-electron chi connectivity index (χ2n) is 4.72. The number of carbonyl (C=O) groups excluding carboxylic acids is 1. The summed E-state index contributed by atoms with van der Waals surface area (Å²) in [6.07, 6.45) is 0.572. The number of nitrogens with one attached hydrogen (secondary N) is 1. The first kappa shape index (κ1) is 12.9. The summed E-state index contributed by atoms with van der Waals surface area (Å²) in [5.41, 5.74) is 2.47. The highest BCUT2D eigenvalue weighted by Gasteiger charge is 2.20. The molecular formula is C14H21N3O. The molecule has 1 aliphatic heterocycles. The van der Waals surface area contributed by atoms with Gasteiger partial charge in [0.05, 0.1) is 0 Å². The maximum absolute atomic E-state index is 12.1. The van der Waals surface area contributed by atoms with Crippen LogP contribution in [0.2, 0.25) is 0 Å². The van der Waals surface area contributed by atoms with Gasteiger partial charge in [0.1, 0.15) is 0 Å². The van der Waals surface area contributed by atoms with Crippen LogP contribution in [0.4, 0.5) is 5.69 Å². The number of fused-ring (bicyclic) bond motifs is 1. The van der Waals surface area contributed by atoms with E-state index >= 15 is 0 Å². The number of benzene rings is 1. The largest absolute Gasteiger partial charge is 0.373 e. The SMILES string of the molecule is CNCCC(=O)N1CCN(C)c2ccccc2C1. The third-order valence-electron chi connectivity index (χ3n) is 3.41. The second-order valence-corrected chi connectivity index (χ2v) is 4.72. The minimum absolute atomic E-state index is 0.231. The van der Waals surface area contributed by atoms with Crippen LogP contribution in [-0.2, 0) is 11.3 Å². The molecule has 1 aliphatic rings. The minimum Gasteiger partial charge on any atom is -0.373 e. The van der Waals surface area contributed by atoms with E-state index < -0.39 is 0 Å². The van der Waals surface area contributed by atoms with E-state index in [1.54, 1.807) is 0 Å². The molecule has 1 amide bonds. The van der Waals surface area contributed by atoms with Crippen molar-refractivity contribution in [2.24, 2.45) is 0 Å². The summed E-state index contributed by atoms with van der Waals surface area (Å²) in [4.78, 5) is 16.3. The average molecular weight is 247 g/mol. The molecular weight excluding hydrogens is 226 g/mol. The number of hydrogen-bond acceptors (Lipinski definition) is 3. The van der Waals surface area contributed by atoms with Crippen molar-refractivity contribution in [1.82, 2.24) is 10.2 Å². The summed E-state index contributed by atoms with van der Waals surface area (Å²) in [5, 5.41) is 3.02. The molecule has 0 aliphatic carbocycles. The van der Waals surface area contributed by atoms with Gasteiger partial charge in [-0.05, 0) is 18.7 Å². The fourth-order valence-electron chi connectivity index (χ4n) is 2.30. The highest BCUT2D eigenvalue weighted by atomic mass is 16.2. The summed E-state index contributed by atoms with van der Waals surface area (Å²) in [6.45, 7) is 3.16. The molecule has 0 atom stereocenters. The quantitative estimate of drug-likeness (QED) is 0.868. The van der Waals surface area contributed by atoms with Crippen molar-refractivity contribution in [3.8, 4) is 0 Å². The highest BCUT2D eigenvalue weighted by Crippen LogP contribution is 2.23. The van der Waals surface area contributed by atoms with E-state index in [-0.39, 0.29) is 5.91 Å². The topological polar surface area (TPSA) is 35.6 Å². The molecule has 2 rings (SSSR count).